The van der Waals surface area contributed by atoms with Crippen LogP contribution in [-0.2, 0) is 20.4 Å². The van der Waals surface area contributed by atoms with Gasteiger partial charge in [0.25, 0.3) is 0 Å². The summed E-state index contributed by atoms with van der Waals surface area (Å²) < 4.78 is 11.0. The molecule has 11 aromatic rings. The van der Waals surface area contributed by atoms with Gasteiger partial charge in [-0.3, -0.25) is 15.0 Å². The number of ether oxygens (including phenoxy) is 1. The molecule has 0 N–H and O–H groups in total. The average molecular weight is 760 g/mol. The average Bonchev–Trinajstić information content (AvgIpc) is 3.75. The molecule has 0 saturated heterocycles. The van der Waals surface area contributed by atoms with E-state index in [1.54, 1.807) is 0 Å². The number of hydrogen-bond acceptors (Lipinski definition) is 4. The number of benzene rings is 6. The molecule has 52 heavy (non-hydrogen) atoms. The molecule has 0 bridgehead atoms. The summed E-state index contributed by atoms with van der Waals surface area (Å²) in [5.41, 5.74) is 12.7. The number of nitrogens with zero attached hydrogens (tertiary/aromatic N) is 5. The maximum absolute atomic E-state index is 6.59. The summed E-state index contributed by atoms with van der Waals surface area (Å²) >= 11 is 0. The van der Waals surface area contributed by atoms with E-state index in [1.165, 1.54) is 22.3 Å². The second-order valence-corrected chi connectivity index (χ2v) is 13.2. The normalized spacial score (nSPS) is 11.9. The van der Waals surface area contributed by atoms with E-state index in [-0.39, 0.29) is 20.4 Å². The predicted octanol–water partition coefficient (Wildman–Crippen LogP) is 11.0. The van der Waals surface area contributed by atoms with Gasteiger partial charge in [-0.05, 0) is 83.3 Å². The minimum atomic E-state index is 0. The zero-order valence-corrected chi connectivity index (χ0v) is 29.6. The first-order valence-corrected chi connectivity index (χ1v) is 17.0. The van der Waals surface area contributed by atoms with Gasteiger partial charge in [0.05, 0.1) is 33.4 Å². The van der Waals surface area contributed by atoms with Gasteiger partial charge in [0.1, 0.15) is 0 Å². The molecule has 0 aliphatic rings. The molecule has 0 atom stereocenters. The molecule has 5 heterocycles. The fourth-order valence-electron chi connectivity index (χ4n) is 8.03. The van der Waals surface area contributed by atoms with Crippen molar-refractivity contribution in [1.82, 2.24) is 23.8 Å². The van der Waals surface area contributed by atoms with E-state index in [0.717, 1.165) is 76.7 Å². The van der Waals surface area contributed by atoms with Gasteiger partial charge in [-0.1, -0.05) is 100 Å². The van der Waals surface area contributed by atoms with Crippen LogP contribution in [0.3, 0.4) is 0 Å². The zero-order valence-electron chi connectivity index (χ0n) is 28.1. The zero-order chi connectivity index (χ0) is 33.8. The van der Waals surface area contributed by atoms with Crippen LogP contribution in [0.2, 0.25) is 0 Å². The fraction of sp³-hybridized carbons (Fsp3) is 0.0444. The molecular weight excluding hydrogens is 733 g/mol. The number of rotatable bonds is 3. The minimum Gasteiger partial charge on any atom is -0.497 e. The number of para-hydroxylation sites is 4. The Hall–Kier alpha value is -6.13. The van der Waals surface area contributed by atoms with E-state index in [2.05, 4.69) is 113 Å². The molecule has 248 valence electrons. The molecular formula is C45H27N5OPd. The summed E-state index contributed by atoms with van der Waals surface area (Å²) in [5, 5.41) is 6.03. The van der Waals surface area contributed by atoms with Crippen molar-refractivity contribution in [2.45, 2.75) is 13.8 Å². The number of imidazole rings is 2. The van der Waals surface area contributed by atoms with E-state index >= 15 is 0 Å². The smallest absolute Gasteiger partial charge is 0.497 e. The third-order valence-electron chi connectivity index (χ3n) is 10.3. The summed E-state index contributed by atoms with van der Waals surface area (Å²) in [7, 11) is 0. The number of aromatic nitrogens is 5. The quantitative estimate of drug-likeness (QED) is 0.102. The summed E-state index contributed by atoms with van der Waals surface area (Å²) in [4.78, 5) is 14.6. The first kappa shape index (κ1) is 30.7. The molecule has 0 amide bonds. The van der Waals surface area contributed by atoms with E-state index in [4.69, 9.17) is 14.7 Å². The van der Waals surface area contributed by atoms with Gasteiger partial charge in [-0.25, -0.2) is 0 Å². The fourth-order valence-corrected chi connectivity index (χ4v) is 8.03. The van der Waals surface area contributed by atoms with Gasteiger partial charge in [0, 0.05) is 34.9 Å². The van der Waals surface area contributed by atoms with Crippen LogP contribution in [0, 0.1) is 26.0 Å². The van der Waals surface area contributed by atoms with Gasteiger partial charge >= 0.3 is 20.4 Å². The van der Waals surface area contributed by atoms with Crippen molar-refractivity contribution in [1.29, 1.82) is 0 Å². The van der Waals surface area contributed by atoms with Crippen LogP contribution < -0.4 is 4.74 Å². The second-order valence-electron chi connectivity index (χ2n) is 13.2. The Balaban J connectivity index is 0.00000338. The first-order valence-electron chi connectivity index (χ1n) is 17.0. The van der Waals surface area contributed by atoms with Gasteiger partial charge < -0.3 is 13.5 Å². The third-order valence-corrected chi connectivity index (χ3v) is 10.3. The molecule has 7 heteroatoms. The monoisotopic (exact) mass is 759 g/mol. The Morgan fingerprint density at radius 3 is 1.75 bits per heavy atom. The number of aryl methyl sites for hydroxylation is 2. The van der Waals surface area contributed by atoms with Gasteiger partial charge in [-0.2, -0.15) is 0 Å². The largest absolute Gasteiger partial charge is 2.00 e. The summed E-state index contributed by atoms with van der Waals surface area (Å²) in [6.45, 7) is 4.36. The Morgan fingerprint density at radius 2 is 1.12 bits per heavy atom. The maximum Gasteiger partial charge on any atom is 2.00 e. The molecule has 0 spiro atoms. The van der Waals surface area contributed by atoms with Crippen LogP contribution in [0.25, 0.3) is 87.8 Å². The number of fused-ring (bicyclic) bond motifs is 16. The molecule has 0 unspecified atom stereocenters. The van der Waals surface area contributed by atoms with Crippen molar-refractivity contribution in [2.75, 3.05) is 0 Å². The van der Waals surface area contributed by atoms with Crippen LogP contribution in [0.4, 0.5) is 0 Å². The standard InChI is InChI=1S/C45H27N5O.Pd/c1-26-8-7-9-27(2)43(26)28-14-19-39-33(22-28)31-17-15-29(23-34(31)44-47-37-10-3-5-12-41(37)49(39)44)51-30-16-18-32-35(24-30)45-48-38-11-4-6-13-42(38)50(45)40-20-21-46-25-36(32)40;/h3-22,25H,1-2H3;/q-2;+2. The molecule has 0 aliphatic heterocycles. The van der Waals surface area contributed by atoms with Crippen LogP contribution in [0.1, 0.15) is 11.1 Å². The van der Waals surface area contributed by atoms with Gasteiger partial charge in [-0.15, -0.1) is 12.1 Å². The van der Waals surface area contributed by atoms with Gasteiger partial charge in [0.15, 0.2) is 0 Å². The molecule has 5 aromatic heterocycles. The van der Waals surface area contributed by atoms with Crippen LogP contribution in [-0.4, -0.2) is 23.8 Å². The van der Waals surface area contributed by atoms with Crippen molar-refractivity contribution < 1.29 is 25.2 Å². The van der Waals surface area contributed by atoms with Crippen LogP contribution >= 0.6 is 0 Å². The van der Waals surface area contributed by atoms with Crippen molar-refractivity contribution in [3.8, 4) is 22.6 Å². The Labute approximate surface area is 311 Å². The third kappa shape index (κ3) is 4.37. The van der Waals surface area contributed by atoms with Gasteiger partial charge in [0.2, 0.25) is 0 Å². The minimum absolute atomic E-state index is 0. The molecule has 0 saturated carbocycles. The summed E-state index contributed by atoms with van der Waals surface area (Å²) in [6.07, 6.45) is 3.74. The SMILES string of the molecule is Cc1cccc(C)c1-c1ccc2c(c1)c1ccc(Oc3[c-]c4c(cc3)c3cnccc3n3c5ccccc5nc43)[c-]c1c1nc3ccccc3n21.[Pd+2]. The van der Waals surface area contributed by atoms with E-state index in [0.29, 0.717) is 11.5 Å². The molecule has 11 rings (SSSR count). The molecule has 0 radical (unpaired) electrons. The topological polar surface area (TPSA) is 56.7 Å². The first-order chi connectivity index (χ1) is 25.1. The maximum atomic E-state index is 6.59. The van der Waals surface area contributed by atoms with E-state index in [1.807, 2.05) is 54.9 Å². The van der Waals surface area contributed by atoms with Crippen LogP contribution in [0.5, 0.6) is 11.5 Å². The Kier molecular flexibility index (Phi) is 6.75. The van der Waals surface area contributed by atoms with Crippen molar-refractivity contribution in [3.05, 3.63) is 151 Å². The Bertz CT molecular complexity index is 3250. The van der Waals surface area contributed by atoms with Crippen LogP contribution in [0.15, 0.2) is 128 Å². The number of hydrogen-bond donors (Lipinski definition) is 0. The number of pyridine rings is 3. The van der Waals surface area contributed by atoms with Crippen molar-refractivity contribution in [3.63, 3.8) is 0 Å². The molecule has 6 aromatic carbocycles. The van der Waals surface area contributed by atoms with E-state index < -0.39 is 0 Å². The summed E-state index contributed by atoms with van der Waals surface area (Å²) in [6, 6.07) is 47.1. The molecule has 0 aliphatic carbocycles. The molecule has 6 nitrogen and oxygen atoms in total. The van der Waals surface area contributed by atoms with Crippen molar-refractivity contribution in [2.24, 2.45) is 0 Å². The summed E-state index contributed by atoms with van der Waals surface area (Å²) in [5.74, 6) is 1.17. The van der Waals surface area contributed by atoms with Crippen molar-refractivity contribution >= 4 is 76.7 Å². The molecule has 0 fully saturated rings. The Morgan fingerprint density at radius 1 is 0.538 bits per heavy atom. The predicted molar refractivity (Wildman–Crippen MR) is 206 cm³/mol. The second kappa shape index (κ2) is 11.4. The van der Waals surface area contributed by atoms with E-state index in [9.17, 15) is 0 Å².